The molecule has 1 atom stereocenters. The fourth-order valence-electron chi connectivity index (χ4n) is 1.23. The van der Waals surface area contributed by atoms with Gasteiger partial charge in [-0.25, -0.2) is 0 Å². The number of benzene rings is 1. The standard InChI is InChI=1S/C10H13ClN2O4/c1-12-5-8(14)6-17-10-4-7(11)2-3-9(10)13(15)16/h2-4,8,12,14H,5-6H2,1H3. The molecular formula is C10H13ClN2O4. The summed E-state index contributed by atoms with van der Waals surface area (Å²) in [6.45, 7) is 0.302. The average Bonchev–Trinajstić information content (AvgIpc) is 2.26. The van der Waals surface area contributed by atoms with Gasteiger partial charge in [-0.2, -0.15) is 0 Å². The minimum Gasteiger partial charge on any atom is -0.484 e. The maximum Gasteiger partial charge on any atom is 0.311 e. The second kappa shape index (κ2) is 6.39. The number of aliphatic hydroxyl groups excluding tert-OH is 1. The Morgan fingerprint density at radius 3 is 2.94 bits per heavy atom. The van der Waals surface area contributed by atoms with Crippen LogP contribution in [0.15, 0.2) is 18.2 Å². The van der Waals surface area contributed by atoms with Crippen LogP contribution in [0.5, 0.6) is 5.75 Å². The van der Waals surface area contributed by atoms with Gasteiger partial charge in [0.05, 0.1) is 4.92 Å². The number of hydrogen-bond acceptors (Lipinski definition) is 5. The maximum atomic E-state index is 10.7. The second-order valence-electron chi connectivity index (χ2n) is 3.39. The summed E-state index contributed by atoms with van der Waals surface area (Å²) in [7, 11) is 1.69. The van der Waals surface area contributed by atoms with Gasteiger partial charge in [-0.15, -0.1) is 0 Å². The van der Waals surface area contributed by atoms with Crippen molar-refractivity contribution in [2.24, 2.45) is 0 Å². The van der Waals surface area contributed by atoms with Gasteiger partial charge in [0, 0.05) is 23.7 Å². The largest absolute Gasteiger partial charge is 0.484 e. The van der Waals surface area contributed by atoms with E-state index in [0.29, 0.717) is 11.6 Å². The van der Waals surface area contributed by atoms with Crippen LogP contribution < -0.4 is 10.1 Å². The van der Waals surface area contributed by atoms with E-state index >= 15 is 0 Å². The molecule has 6 nitrogen and oxygen atoms in total. The molecule has 1 rings (SSSR count). The van der Waals surface area contributed by atoms with Crippen LogP contribution in [0.2, 0.25) is 5.02 Å². The van der Waals surface area contributed by atoms with Crippen LogP contribution in [0.25, 0.3) is 0 Å². The summed E-state index contributed by atoms with van der Waals surface area (Å²) in [6, 6.07) is 4.03. The highest BCUT2D eigenvalue weighted by Crippen LogP contribution is 2.29. The third-order valence-corrected chi connectivity index (χ3v) is 2.22. The predicted octanol–water partition coefficient (Wildman–Crippen LogP) is 1.21. The zero-order valence-electron chi connectivity index (χ0n) is 9.22. The van der Waals surface area contributed by atoms with Gasteiger partial charge in [0.15, 0.2) is 5.75 Å². The van der Waals surface area contributed by atoms with E-state index in [0.717, 1.165) is 0 Å². The van der Waals surface area contributed by atoms with Crippen LogP contribution in [-0.4, -0.2) is 36.3 Å². The molecule has 0 spiro atoms. The van der Waals surface area contributed by atoms with Gasteiger partial charge in [-0.3, -0.25) is 10.1 Å². The van der Waals surface area contributed by atoms with Crippen LogP contribution in [0.4, 0.5) is 5.69 Å². The monoisotopic (exact) mass is 260 g/mol. The van der Waals surface area contributed by atoms with Crippen LogP contribution in [0, 0.1) is 10.1 Å². The van der Waals surface area contributed by atoms with Gasteiger partial charge in [-0.1, -0.05) is 11.6 Å². The first kappa shape index (κ1) is 13.7. The van der Waals surface area contributed by atoms with Crippen LogP contribution in [0.1, 0.15) is 0 Å². The van der Waals surface area contributed by atoms with E-state index in [-0.39, 0.29) is 18.0 Å². The molecule has 7 heteroatoms. The summed E-state index contributed by atoms with van der Waals surface area (Å²) < 4.78 is 5.18. The third-order valence-electron chi connectivity index (χ3n) is 1.99. The molecule has 94 valence electrons. The number of aliphatic hydroxyl groups is 1. The molecule has 0 saturated heterocycles. The number of ether oxygens (including phenoxy) is 1. The van der Waals surface area contributed by atoms with Gasteiger partial charge in [0.25, 0.3) is 0 Å². The summed E-state index contributed by atoms with van der Waals surface area (Å²) in [5.41, 5.74) is -0.175. The number of nitro groups is 1. The fraction of sp³-hybridized carbons (Fsp3) is 0.400. The molecule has 0 heterocycles. The average molecular weight is 261 g/mol. The van der Waals surface area contributed by atoms with E-state index in [2.05, 4.69) is 5.32 Å². The Labute approximate surface area is 103 Å². The SMILES string of the molecule is CNCC(O)COc1cc(Cl)ccc1[N+](=O)[O-]. The lowest BCUT2D eigenvalue weighted by Gasteiger charge is -2.11. The zero-order valence-corrected chi connectivity index (χ0v) is 9.98. The van der Waals surface area contributed by atoms with Gasteiger partial charge >= 0.3 is 5.69 Å². The van der Waals surface area contributed by atoms with E-state index in [1.165, 1.54) is 18.2 Å². The fourth-order valence-corrected chi connectivity index (χ4v) is 1.40. The summed E-state index contributed by atoms with van der Waals surface area (Å²) in [6.07, 6.45) is -0.737. The number of likely N-dealkylation sites (N-methyl/N-ethyl adjacent to an activating group) is 1. The van der Waals surface area contributed by atoms with Gasteiger partial charge in [0.2, 0.25) is 0 Å². The highest BCUT2D eigenvalue weighted by Gasteiger charge is 2.16. The van der Waals surface area contributed by atoms with Crippen molar-refractivity contribution in [3.8, 4) is 5.75 Å². The highest BCUT2D eigenvalue weighted by molar-refractivity contribution is 6.30. The number of rotatable bonds is 6. The molecule has 0 fully saturated rings. The molecule has 0 bridgehead atoms. The lowest BCUT2D eigenvalue weighted by Crippen LogP contribution is -2.29. The van der Waals surface area contributed by atoms with Crippen molar-refractivity contribution >= 4 is 17.3 Å². The van der Waals surface area contributed by atoms with Gasteiger partial charge < -0.3 is 15.2 Å². The number of halogens is 1. The van der Waals surface area contributed by atoms with Crippen molar-refractivity contribution < 1.29 is 14.8 Å². The lowest BCUT2D eigenvalue weighted by molar-refractivity contribution is -0.385. The first-order chi connectivity index (χ1) is 8.04. The molecule has 0 aromatic heterocycles. The first-order valence-electron chi connectivity index (χ1n) is 4.94. The van der Waals surface area contributed by atoms with Crippen molar-refractivity contribution in [3.63, 3.8) is 0 Å². The summed E-state index contributed by atoms with van der Waals surface area (Å²) >= 11 is 5.72. The van der Waals surface area contributed by atoms with Crippen molar-refractivity contribution in [3.05, 3.63) is 33.3 Å². The topological polar surface area (TPSA) is 84.6 Å². The Bertz CT molecular complexity index is 400. The predicted molar refractivity (Wildman–Crippen MR) is 63.5 cm³/mol. The van der Waals surface area contributed by atoms with Crippen molar-refractivity contribution in [2.75, 3.05) is 20.2 Å². The minimum absolute atomic E-state index is 0.0397. The molecule has 0 radical (unpaired) electrons. The number of hydrogen-bond donors (Lipinski definition) is 2. The highest BCUT2D eigenvalue weighted by atomic mass is 35.5. The summed E-state index contributed by atoms with van der Waals surface area (Å²) in [4.78, 5) is 10.2. The maximum absolute atomic E-state index is 10.7. The molecule has 1 aromatic rings. The van der Waals surface area contributed by atoms with Gasteiger partial charge in [0.1, 0.15) is 12.7 Å². The summed E-state index contributed by atoms with van der Waals surface area (Å²) in [5, 5.41) is 23.2. The van der Waals surface area contributed by atoms with E-state index in [9.17, 15) is 15.2 Å². The molecule has 17 heavy (non-hydrogen) atoms. The molecule has 0 amide bonds. The molecule has 1 aromatic carbocycles. The number of nitrogens with one attached hydrogen (secondary N) is 1. The molecule has 0 aliphatic carbocycles. The van der Waals surface area contributed by atoms with Crippen LogP contribution >= 0.6 is 11.6 Å². The second-order valence-corrected chi connectivity index (χ2v) is 3.83. The van der Waals surface area contributed by atoms with Crippen molar-refractivity contribution in [1.29, 1.82) is 0 Å². The van der Waals surface area contributed by atoms with E-state index in [1.807, 2.05) is 0 Å². The summed E-state index contributed by atoms with van der Waals surface area (Å²) in [5.74, 6) is 0.0534. The van der Waals surface area contributed by atoms with Crippen molar-refractivity contribution in [1.82, 2.24) is 5.32 Å². The minimum atomic E-state index is -0.737. The Kier molecular flexibility index (Phi) is 5.14. The smallest absolute Gasteiger partial charge is 0.311 e. The molecule has 0 aliphatic rings. The lowest BCUT2D eigenvalue weighted by atomic mass is 10.3. The number of nitro benzene ring substituents is 1. The molecular weight excluding hydrogens is 248 g/mol. The Balaban J connectivity index is 2.75. The van der Waals surface area contributed by atoms with Crippen molar-refractivity contribution in [2.45, 2.75) is 6.10 Å². The molecule has 1 unspecified atom stereocenters. The number of nitrogens with zero attached hydrogens (tertiary/aromatic N) is 1. The molecule has 0 aliphatic heterocycles. The Hall–Kier alpha value is -1.37. The van der Waals surface area contributed by atoms with Gasteiger partial charge in [-0.05, 0) is 13.1 Å². The third kappa shape index (κ3) is 4.18. The quantitative estimate of drug-likeness (QED) is 0.593. The normalized spacial score (nSPS) is 12.2. The molecule has 2 N–H and O–H groups in total. The Morgan fingerprint density at radius 1 is 1.65 bits per heavy atom. The van der Waals surface area contributed by atoms with E-state index in [1.54, 1.807) is 7.05 Å². The Morgan fingerprint density at radius 2 is 2.35 bits per heavy atom. The molecule has 0 saturated carbocycles. The zero-order chi connectivity index (χ0) is 12.8. The van der Waals surface area contributed by atoms with E-state index < -0.39 is 11.0 Å². The first-order valence-corrected chi connectivity index (χ1v) is 5.31. The van der Waals surface area contributed by atoms with Crippen LogP contribution in [0.3, 0.4) is 0 Å². The van der Waals surface area contributed by atoms with E-state index in [4.69, 9.17) is 16.3 Å². The van der Waals surface area contributed by atoms with Crippen LogP contribution in [-0.2, 0) is 0 Å².